The molecule has 1 aromatic rings. The van der Waals surface area contributed by atoms with Gasteiger partial charge in [0.2, 0.25) is 10.0 Å². The topological polar surface area (TPSA) is 106 Å². The van der Waals surface area contributed by atoms with Crippen molar-refractivity contribution in [3.63, 3.8) is 0 Å². The summed E-state index contributed by atoms with van der Waals surface area (Å²) in [5.41, 5.74) is 0.160. The van der Waals surface area contributed by atoms with Gasteiger partial charge >= 0.3 is 0 Å². The van der Waals surface area contributed by atoms with Crippen molar-refractivity contribution in [2.45, 2.75) is 31.1 Å². The molecule has 1 aromatic carbocycles. The Kier molecular flexibility index (Phi) is 7.44. The molecule has 0 aromatic heterocycles. The van der Waals surface area contributed by atoms with Gasteiger partial charge in [0.15, 0.2) is 0 Å². The number of hydrogen-bond donors (Lipinski definition) is 2. The maximum atomic E-state index is 12.9. The zero-order chi connectivity index (χ0) is 20.9. The quantitative estimate of drug-likeness (QED) is 0.360. The molecule has 10 heteroatoms. The van der Waals surface area contributed by atoms with Crippen molar-refractivity contribution in [3.8, 4) is 0 Å². The van der Waals surface area contributed by atoms with E-state index in [-0.39, 0.29) is 10.6 Å². The van der Waals surface area contributed by atoms with Crippen molar-refractivity contribution in [3.05, 3.63) is 28.3 Å². The molecule has 0 amide bonds. The van der Waals surface area contributed by atoms with Gasteiger partial charge < -0.3 is 15.0 Å². The molecule has 2 aliphatic rings. The molecular formula is C19H31N4O5S+. The minimum absolute atomic E-state index is 0.0124. The van der Waals surface area contributed by atoms with Gasteiger partial charge in [0.05, 0.1) is 29.6 Å². The fourth-order valence-corrected chi connectivity index (χ4v) is 5.58. The van der Waals surface area contributed by atoms with Gasteiger partial charge in [-0.05, 0) is 30.9 Å². The Morgan fingerprint density at radius 3 is 2.79 bits per heavy atom. The normalized spacial score (nSPS) is 21.8. The number of quaternary nitrogens is 1. The molecule has 3 rings (SSSR count). The Hall–Kier alpha value is -1.75. The summed E-state index contributed by atoms with van der Waals surface area (Å²) in [6, 6.07) is 4.17. The molecule has 0 aliphatic carbocycles. The van der Waals surface area contributed by atoms with Crippen molar-refractivity contribution in [2.24, 2.45) is 5.92 Å². The van der Waals surface area contributed by atoms with Gasteiger partial charge in [-0.2, -0.15) is 4.31 Å². The van der Waals surface area contributed by atoms with Crippen molar-refractivity contribution < 1.29 is 23.0 Å². The Labute approximate surface area is 172 Å². The number of nitro groups is 1. The first-order valence-corrected chi connectivity index (χ1v) is 11.8. The number of benzene rings is 1. The third-order valence-corrected chi connectivity index (χ3v) is 7.51. The van der Waals surface area contributed by atoms with Crippen molar-refractivity contribution in [2.75, 3.05) is 57.8 Å². The first-order chi connectivity index (χ1) is 13.9. The number of nitro benzene ring substituents is 1. The summed E-state index contributed by atoms with van der Waals surface area (Å²) in [5, 5.41) is 14.7. The number of ether oxygens (including phenoxy) is 1. The van der Waals surface area contributed by atoms with E-state index in [0.717, 1.165) is 52.1 Å². The molecule has 0 bridgehead atoms. The largest absolute Gasteiger partial charge is 0.379 e. The highest BCUT2D eigenvalue weighted by Gasteiger charge is 2.30. The predicted octanol–water partition coefficient (Wildman–Crippen LogP) is 0.733. The van der Waals surface area contributed by atoms with E-state index in [1.165, 1.54) is 27.4 Å². The first-order valence-electron chi connectivity index (χ1n) is 10.3. The summed E-state index contributed by atoms with van der Waals surface area (Å²) in [5.74, 6) is 0.294. The highest BCUT2D eigenvalue weighted by atomic mass is 32.2. The molecule has 0 radical (unpaired) electrons. The Morgan fingerprint density at radius 2 is 2.10 bits per heavy atom. The van der Waals surface area contributed by atoms with Crippen LogP contribution in [-0.2, 0) is 14.8 Å². The van der Waals surface area contributed by atoms with Gasteiger partial charge in [0, 0.05) is 32.1 Å². The molecule has 162 valence electrons. The summed E-state index contributed by atoms with van der Waals surface area (Å²) in [6.45, 7) is 8.05. The van der Waals surface area contributed by atoms with E-state index in [0.29, 0.717) is 31.2 Å². The number of nitrogens with one attached hydrogen (secondary N) is 2. The smallest absolute Gasteiger partial charge is 0.293 e. The molecular weight excluding hydrogens is 396 g/mol. The molecule has 0 saturated carbocycles. The molecule has 2 saturated heterocycles. The number of morpholine rings is 1. The van der Waals surface area contributed by atoms with Gasteiger partial charge in [-0.15, -0.1) is 0 Å². The lowest BCUT2D eigenvalue weighted by atomic mass is 10.0. The van der Waals surface area contributed by atoms with Crippen LogP contribution in [0.5, 0.6) is 0 Å². The molecule has 2 aliphatic heterocycles. The highest BCUT2D eigenvalue weighted by molar-refractivity contribution is 7.89. The first kappa shape index (κ1) is 21.9. The van der Waals surface area contributed by atoms with E-state index in [1.54, 1.807) is 0 Å². The zero-order valence-corrected chi connectivity index (χ0v) is 17.7. The van der Waals surface area contributed by atoms with Crippen molar-refractivity contribution in [1.82, 2.24) is 4.31 Å². The fraction of sp³-hybridized carbons (Fsp3) is 0.684. The molecule has 1 atom stereocenters. The number of anilines is 1. The van der Waals surface area contributed by atoms with Gasteiger partial charge in [-0.25, -0.2) is 8.42 Å². The van der Waals surface area contributed by atoms with Crippen molar-refractivity contribution >= 4 is 21.4 Å². The third kappa shape index (κ3) is 5.65. The van der Waals surface area contributed by atoms with E-state index in [1.807, 2.05) is 6.92 Å². The van der Waals surface area contributed by atoms with E-state index in [2.05, 4.69) is 5.32 Å². The average Bonchev–Trinajstić information content (AvgIpc) is 2.72. The van der Waals surface area contributed by atoms with Crippen LogP contribution in [0.1, 0.15) is 26.2 Å². The van der Waals surface area contributed by atoms with E-state index in [9.17, 15) is 18.5 Å². The fourth-order valence-electron chi connectivity index (χ4n) is 3.96. The second kappa shape index (κ2) is 9.84. The molecule has 2 N–H and O–H groups in total. The zero-order valence-electron chi connectivity index (χ0n) is 16.9. The second-order valence-corrected chi connectivity index (χ2v) is 9.88. The molecule has 2 fully saturated rings. The van der Waals surface area contributed by atoms with Crippen LogP contribution in [0.25, 0.3) is 0 Å². The van der Waals surface area contributed by atoms with Gasteiger partial charge in [0.25, 0.3) is 5.69 Å². The van der Waals surface area contributed by atoms with Gasteiger partial charge in [-0.3, -0.25) is 10.1 Å². The second-order valence-electron chi connectivity index (χ2n) is 7.94. The lowest BCUT2D eigenvalue weighted by Crippen LogP contribution is -3.14. The lowest BCUT2D eigenvalue weighted by molar-refractivity contribution is -0.908. The van der Waals surface area contributed by atoms with E-state index in [4.69, 9.17) is 4.74 Å². The summed E-state index contributed by atoms with van der Waals surface area (Å²) in [4.78, 5) is 12.5. The highest BCUT2D eigenvalue weighted by Crippen LogP contribution is 2.30. The summed E-state index contributed by atoms with van der Waals surface area (Å²) in [7, 11) is -3.72. The summed E-state index contributed by atoms with van der Waals surface area (Å²) in [6.07, 6.45) is 2.69. The van der Waals surface area contributed by atoms with Crippen LogP contribution in [0, 0.1) is 16.0 Å². The standard InChI is InChI=1S/C19H30N4O5S/c1-16-4-2-9-22(15-16)29(26,27)17-5-6-18(19(14-17)23(24)25)20-7-3-8-21-10-12-28-13-11-21/h5-6,14,16,20H,2-4,7-13,15H2,1H3/p+1/t16-/m1/s1. The van der Waals surface area contributed by atoms with Crippen molar-refractivity contribution in [1.29, 1.82) is 0 Å². The van der Waals surface area contributed by atoms with E-state index >= 15 is 0 Å². The van der Waals surface area contributed by atoms with Crippen LogP contribution >= 0.6 is 0 Å². The third-order valence-electron chi connectivity index (χ3n) is 5.65. The Morgan fingerprint density at radius 1 is 1.34 bits per heavy atom. The Bertz CT molecular complexity index is 811. The number of hydrogen-bond acceptors (Lipinski definition) is 6. The minimum Gasteiger partial charge on any atom is -0.379 e. The molecule has 0 spiro atoms. The maximum absolute atomic E-state index is 12.9. The molecule has 0 unspecified atom stereocenters. The number of nitrogens with zero attached hydrogens (tertiary/aromatic N) is 2. The van der Waals surface area contributed by atoms with Crippen LogP contribution in [-0.4, -0.2) is 70.1 Å². The molecule has 2 heterocycles. The average molecular weight is 428 g/mol. The molecule has 9 nitrogen and oxygen atoms in total. The molecule has 29 heavy (non-hydrogen) atoms. The Balaban J connectivity index is 1.65. The number of sulfonamides is 1. The van der Waals surface area contributed by atoms with Gasteiger partial charge in [0.1, 0.15) is 18.8 Å². The monoisotopic (exact) mass is 427 g/mol. The van der Waals surface area contributed by atoms with Crippen LogP contribution < -0.4 is 10.2 Å². The predicted molar refractivity (Wildman–Crippen MR) is 110 cm³/mol. The van der Waals surface area contributed by atoms with Crippen LogP contribution in [0.3, 0.4) is 0 Å². The number of rotatable bonds is 8. The summed E-state index contributed by atoms with van der Waals surface area (Å²) < 4.78 is 32.6. The minimum atomic E-state index is -3.72. The van der Waals surface area contributed by atoms with Crippen LogP contribution in [0.15, 0.2) is 23.1 Å². The lowest BCUT2D eigenvalue weighted by Gasteiger charge is -2.30. The SMILES string of the molecule is C[C@@H]1CCCN(S(=O)(=O)c2ccc(NCCC[NH+]3CCOCC3)c([N+](=O)[O-])c2)C1. The maximum Gasteiger partial charge on any atom is 0.293 e. The van der Waals surface area contributed by atoms with Gasteiger partial charge in [-0.1, -0.05) is 6.92 Å². The van der Waals surface area contributed by atoms with E-state index < -0.39 is 14.9 Å². The number of piperidine rings is 1. The van der Waals surface area contributed by atoms with Crippen LogP contribution in [0.4, 0.5) is 11.4 Å². The summed E-state index contributed by atoms with van der Waals surface area (Å²) >= 11 is 0. The van der Waals surface area contributed by atoms with Crippen LogP contribution in [0.2, 0.25) is 0 Å².